The molecule has 124 valence electrons. The fraction of sp³-hybridized carbons (Fsp3) is 0.688. The lowest BCUT2D eigenvalue weighted by Gasteiger charge is -2.32. The Morgan fingerprint density at radius 1 is 1.65 bits per heavy atom. The third kappa shape index (κ3) is 3.89. The summed E-state index contributed by atoms with van der Waals surface area (Å²) in [7, 11) is 0. The molecule has 3 rings (SSSR count). The summed E-state index contributed by atoms with van der Waals surface area (Å²) in [6.07, 6.45) is 1.97. The van der Waals surface area contributed by atoms with Crippen molar-refractivity contribution in [3.63, 3.8) is 0 Å². The van der Waals surface area contributed by atoms with Crippen molar-refractivity contribution in [1.82, 2.24) is 15.2 Å². The Morgan fingerprint density at radius 2 is 2.43 bits per heavy atom. The number of hydrogen-bond donors (Lipinski definition) is 1. The third-order valence-electron chi connectivity index (χ3n) is 4.46. The van der Waals surface area contributed by atoms with Gasteiger partial charge in [0, 0.05) is 24.2 Å². The van der Waals surface area contributed by atoms with Crippen LogP contribution in [0.15, 0.2) is 5.38 Å². The fourth-order valence-electron chi connectivity index (χ4n) is 2.93. The molecule has 1 aromatic heterocycles. The van der Waals surface area contributed by atoms with Gasteiger partial charge < -0.3 is 10.1 Å². The Bertz CT molecular complexity index is 622. The van der Waals surface area contributed by atoms with Crippen LogP contribution in [0.4, 0.5) is 0 Å². The second-order valence-electron chi connectivity index (χ2n) is 6.56. The van der Waals surface area contributed by atoms with Crippen LogP contribution in [0.2, 0.25) is 0 Å². The summed E-state index contributed by atoms with van der Waals surface area (Å²) in [5.41, 5.74) is 0.271. The van der Waals surface area contributed by atoms with E-state index in [0.717, 1.165) is 30.1 Å². The number of aromatic nitrogens is 1. The lowest BCUT2D eigenvalue weighted by atomic mass is 9.98. The van der Waals surface area contributed by atoms with Crippen molar-refractivity contribution >= 4 is 17.2 Å². The van der Waals surface area contributed by atoms with Gasteiger partial charge in [0.2, 0.25) is 5.91 Å². The minimum absolute atomic E-state index is 0.0685. The topological polar surface area (TPSA) is 78.2 Å². The number of carbonyl (C=O) groups is 1. The van der Waals surface area contributed by atoms with Crippen LogP contribution in [0.3, 0.4) is 0 Å². The Morgan fingerprint density at radius 3 is 3.04 bits per heavy atom. The molecule has 1 saturated heterocycles. The number of rotatable bonds is 5. The third-order valence-corrected chi connectivity index (χ3v) is 5.51. The van der Waals surface area contributed by atoms with Crippen molar-refractivity contribution in [2.75, 3.05) is 26.2 Å². The van der Waals surface area contributed by atoms with E-state index in [0.29, 0.717) is 25.6 Å². The van der Waals surface area contributed by atoms with Gasteiger partial charge >= 0.3 is 0 Å². The maximum Gasteiger partial charge on any atom is 0.235 e. The molecule has 0 aromatic carbocycles. The lowest BCUT2D eigenvalue weighted by Crippen LogP contribution is -2.51. The van der Waals surface area contributed by atoms with E-state index in [9.17, 15) is 10.1 Å². The van der Waals surface area contributed by atoms with Crippen molar-refractivity contribution in [2.45, 2.75) is 38.3 Å². The molecule has 0 bridgehead atoms. The van der Waals surface area contributed by atoms with Gasteiger partial charge in [-0.15, -0.1) is 11.3 Å². The second kappa shape index (κ2) is 6.56. The smallest absolute Gasteiger partial charge is 0.235 e. The van der Waals surface area contributed by atoms with Gasteiger partial charge in [0.15, 0.2) is 0 Å². The number of morpholine rings is 1. The Labute approximate surface area is 140 Å². The highest BCUT2D eigenvalue weighted by Crippen LogP contribution is 2.39. The Hall–Kier alpha value is -1.49. The summed E-state index contributed by atoms with van der Waals surface area (Å²) in [6, 6.07) is 2.26. The molecule has 0 spiro atoms. The fourth-order valence-corrected chi connectivity index (χ4v) is 3.76. The molecule has 1 aliphatic heterocycles. The van der Waals surface area contributed by atoms with Gasteiger partial charge in [0.25, 0.3) is 0 Å². The number of amides is 1. The van der Waals surface area contributed by atoms with Crippen LogP contribution in [-0.4, -0.2) is 47.6 Å². The van der Waals surface area contributed by atoms with E-state index in [4.69, 9.17) is 4.74 Å². The number of thiazole rings is 1. The summed E-state index contributed by atoms with van der Waals surface area (Å²) in [4.78, 5) is 18.9. The highest BCUT2D eigenvalue weighted by Gasteiger charge is 2.43. The van der Waals surface area contributed by atoms with E-state index in [-0.39, 0.29) is 12.0 Å². The van der Waals surface area contributed by atoms with Gasteiger partial charge in [-0.2, -0.15) is 5.26 Å². The molecule has 1 amide bonds. The standard InChI is InChI=1S/C16H22N4O2S/c1-11-9-23-15(18-11)13-7-20(5-6-22-13)8-14(21)19-16(2,10-17)12-3-4-12/h9,12-13H,3-8H2,1-2H3,(H,19,21)/t13-,16+/m0/s1. The van der Waals surface area contributed by atoms with Gasteiger partial charge in [-0.3, -0.25) is 9.69 Å². The maximum absolute atomic E-state index is 12.3. The van der Waals surface area contributed by atoms with Crippen LogP contribution in [-0.2, 0) is 9.53 Å². The SMILES string of the molecule is Cc1csc([C@@H]2CN(CC(=O)N[C@](C)(C#N)C3CC3)CCO2)n1. The van der Waals surface area contributed by atoms with E-state index in [1.807, 2.05) is 19.2 Å². The van der Waals surface area contributed by atoms with Crippen molar-refractivity contribution < 1.29 is 9.53 Å². The predicted molar refractivity (Wildman–Crippen MR) is 86.9 cm³/mol. The molecule has 1 saturated carbocycles. The van der Waals surface area contributed by atoms with Crippen LogP contribution < -0.4 is 5.32 Å². The number of ether oxygens (including phenoxy) is 1. The molecule has 0 radical (unpaired) electrons. The molecule has 2 fully saturated rings. The Kier molecular flexibility index (Phi) is 4.67. The molecule has 23 heavy (non-hydrogen) atoms. The normalized spacial score (nSPS) is 24.7. The van der Waals surface area contributed by atoms with E-state index in [1.54, 1.807) is 11.3 Å². The highest BCUT2D eigenvalue weighted by molar-refractivity contribution is 7.09. The summed E-state index contributed by atoms with van der Waals surface area (Å²) >= 11 is 1.60. The van der Waals surface area contributed by atoms with E-state index in [1.165, 1.54) is 0 Å². The van der Waals surface area contributed by atoms with Crippen LogP contribution in [0, 0.1) is 24.2 Å². The average Bonchev–Trinajstić information content (AvgIpc) is 3.30. The number of aryl methyl sites for hydroxylation is 1. The molecule has 1 aromatic rings. The minimum Gasteiger partial charge on any atom is -0.368 e. The monoisotopic (exact) mass is 334 g/mol. The quantitative estimate of drug-likeness (QED) is 0.885. The van der Waals surface area contributed by atoms with Crippen molar-refractivity contribution in [3.05, 3.63) is 16.1 Å². The molecule has 1 N–H and O–H groups in total. The number of nitrogens with zero attached hydrogens (tertiary/aromatic N) is 3. The molecule has 0 unspecified atom stereocenters. The minimum atomic E-state index is -0.727. The van der Waals surface area contributed by atoms with E-state index >= 15 is 0 Å². The molecular weight excluding hydrogens is 312 g/mol. The van der Waals surface area contributed by atoms with Gasteiger partial charge in [-0.1, -0.05) is 0 Å². The number of hydrogen-bond acceptors (Lipinski definition) is 6. The first-order valence-electron chi connectivity index (χ1n) is 7.98. The van der Waals surface area contributed by atoms with Gasteiger partial charge in [0.05, 0.1) is 19.2 Å². The largest absolute Gasteiger partial charge is 0.368 e. The molecule has 2 atom stereocenters. The summed E-state index contributed by atoms with van der Waals surface area (Å²) in [5.74, 6) is 0.212. The molecule has 6 nitrogen and oxygen atoms in total. The Balaban J connectivity index is 1.55. The zero-order valence-corrected chi connectivity index (χ0v) is 14.4. The highest BCUT2D eigenvalue weighted by atomic mass is 32.1. The number of nitriles is 1. The molecule has 2 aliphatic rings. The van der Waals surface area contributed by atoms with Gasteiger partial charge in [-0.25, -0.2) is 4.98 Å². The van der Waals surface area contributed by atoms with Crippen LogP contribution >= 0.6 is 11.3 Å². The summed E-state index contributed by atoms with van der Waals surface area (Å²) < 4.78 is 5.78. The van der Waals surface area contributed by atoms with Crippen molar-refractivity contribution in [1.29, 1.82) is 5.26 Å². The van der Waals surface area contributed by atoms with E-state index in [2.05, 4.69) is 21.3 Å². The first-order chi connectivity index (χ1) is 11.0. The van der Waals surface area contributed by atoms with Crippen molar-refractivity contribution in [3.8, 4) is 6.07 Å². The van der Waals surface area contributed by atoms with Crippen LogP contribution in [0.5, 0.6) is 0 Å². The first-order valence-corrected chi connectivity index (χ1v) is 8.86. The zero-order chi connectivity index (χ0) is 16.4. The lowest BCUT2D eigenvalue weighted by molar-refractivity contribution is -0.125. The maximum atomic E-state index is 12.3. The molecule has 1 aliphatic carbocycles. The van der Waals surface area contributed by atoms with Crippen LogP contribution in [0.25, 0.3) is 0 Å². The second-order valence-corrected chi connectivity index (χ2v) is 7.45. The van der Waals surface area contributed by atoms with Gasteiger partial charge in [-0.05, 0) is 32.6 Å². The molecular formula is C16H22N4O2S. The zero-order valence-electron chi connectivity index (χ0n) is 13.5. The number of nitrogens with one attached hydrogen (secondary N) is 1. The first kappa shape index (κ1) is 16.4. The molecule has 7 heteroatoms. The predicted octanol–water partition coefficient (Wildman–Crippen LogP) is 1.63. The molecule has 2 heterocycles. The van der Waals surface area contributed by atoms with Crippen molar-refractivity contribution in [2.24, 2.45) is 5.92 Å². The summed E-state index contributed by atoms with van der Waals surface area (Å²) in [5, 5.41) is 15.2. The summed E-state index contributed by atoms with van der Waals surface area (Å²) in [6.45, 7) is 6.06. The van der Waals surface area contributed by atoms with Crippen LogP contribution in [0.1, 0.15) is 36.6 Å². The van der Waals surface area contributed by atoms with Gasteiger partial charge in [0.1, 0.15) is 16.7 Å². The average molecular weight is 334 g/mol. The van der Waals surface area contributed by atoms with E-state index < -0.39 is 5.54 Å². The number of carbonyl (C=O) groups excluding carboxylic acids is 1.